The van der Waals surface area contributed by atoms with Crippen molar-refractivity contribution in [2.45, 2.75) is 10.3 Å². The molecule has 0 aliphatic rings. The molecular weight excluding hydrogens is 366 g/mol. The molecule has 2 aromatic rings. The fourth-order valence-electron chi connectivity index (χ4n) is 2.37. The van der Waals surface area contributed by atoms with E-state index in [4.69, 9.17) is 11.6 Å². The smallest absolute Gasteiger partial charge is 0.250 e. The predicted molar refractivity (Wildman–Crippen MR) is 101 cm³/mol. The Morgan fingerprint density at radius 1 is 1.17 bits per heavy atom. The minimum Gasteiger partial charge on any atom is -0.378 e. The molecule has 0 aliphatic heterocycles. The van der Waals surface area contributed by atoms with Crippen LogP contribution in [0, 0.1) is 0 Å². The van der Waals surface area contributed by atoms with Gasteiger partial charge >= 0.3 is 0 Å². The molecule has 8 heteroatoms. The molecule has 1 aromatic carbocycles. The van der Waals surface area contributed by atoms with E-state index in [1.807, 2.05) is 57.4 Å². The maximum absolute atomic E-state index is 12.4. The van der Waals surface area contributed by atoms with E-state index in [0.29, 0.717) is 10.9 Å². The molecule has 0 saturated carbocycles. The number of likely N-dealkylation sites (N-methyl/N-ethyl adjacent to an activating group) is 1. The van der Waals surface area contributed by atoms with Crippen molar-refractivity contribution in [1.82, 2.24) is 4.72 Å². The molecule has 0 radical (unpaired) electrons. The number of anilines is 1. The van der Waals surface area contributed by atoms with Crippen molar-refractivity contribution < 1.29 is 13.3 Å². The Kier molecular flexibility index (Phi) is 6.28. The zero-order chi connectivity index (χ0) is 17.9. The van der Waals surface area contributed by atoms with Gasteiger partial charge in [0.1, 0.15) is 10.3 Å². The van der Waals surface area contributed by atoms with Crippen molar-refractivity contribution in [3.05, 3.63) is 46.3 Å². The molecule has 1 heterocycles. The van der Waals surface area contributed by atoms with Gasteiger partial charge in [0.05, 0.1) is 25.0 Å². The number of hydrogen-bond acceptors (Lipinski definition) is 4. The molecule has 132 valence electrons. The molecule has 0 amide bonds. The highest BCUT2D eigenvalue weighted by molar-refractivity contribution is 7.91. The summed E-state index contributed by atoms with van der Waals surface area (Å²) in [5, 5.41) is 0. The summed E-state index contributed by atoms with van der Waals surface area (Å²) < 4.78 is 28.1. The van der Waals surface area contributed by atoms with E-state index >= 15 is 0 Å². The molecule has 0 unspecified atom stereocenters. The topological polar surface area (TPSA) is 53.9 Å². The second-order valence-corrected chi connectivity index (χ2v) is 9.74. The Hall–Kier alpha value is -1.12. The lowest BCUT2D eigenvalue weighted by molar-refractivity contribution is -0.890. The van der Waals surface area contributed by atoms with Gasteiger partial charge in [-0.3, -0.25) is 0 Å². The standard InChI is InChI=1S/C16H22ClN3O2S2/c1-19(2)13-7-5-12(6-8-13)14(20(3)4)11-18-24(21,22)16-10-9-15(17)23-16/h5-10,14,18H,11H2,1-4H3/p+1/t14-/m0/s1. The van der Waals surface area contributed by atoms with Crippen LogP contribution < -0.4 is 14.5 Å². The summed E-state index contributed by atoms with van der Waals surface area (Å²) in [6.45, 7) is 0.321. The first-order valence-electron chi connectivity index (χ1n) is 7.53. The minimum atomic E-state index is -3.54. The van der Waals surface area contributed by atoms with Crippen LogP contribution in [0.3, 0.4) is 0 Å². The van der Waals surface area contributed by atoms with Gasteiger partial charge in [-0.05, 0) is 24.3 Å². The Balaban J connectivity index is 2.14. The number of hydrogen-bond donors (Lipinski definition) is 2. The first-order chi connectivity index (χ1) is 11.2. The van der Waals surface area contributed by atoms with Crippen molar-refractivity contribution in [3.8, 4) is 0 Å². The number of quaternary nitrogens is 1. The van der Waals surface area contributed by atoms with Crippen molar-refractivity contribution in [1.29, 1.82) is 0 Å². The van der Waals surface area contributed by atoms with Gasteiger partial charge in [-0.1, -0.05) is 23.7 Å². The number of rotatable bonds is 7. The van der Waals surface area contributed by atoms with E-state index in [-0.39, 0.29) is 10.3 Å². The first kappa shape index (κ1) is 19.2. The zero-order valence-electron chi connectivity index (χ0n) is 14.2. The third-order valence-corrected chi connectivity index (χ3v) is 6.95. The second-order valence-electron chi connectivity index (χ2n) is 6.03. The number of halogens is 1. The van der Waals surface area contributed by atoms with Crippen LogP contribution >= 0.6 is 22.9 Å². The van der Waals surface area contributed by atoms with Crippen LogP contribution in [0.4, 0.5) is 5.69 Å². The summed E-state index contributed by atoms with van der Waals surface area (Å²) in [5.74, 6) is 0. The first-order valence-corrected chi connectivity index (χ1v) is 10.2. The highest BCUT2D eigenvalue weighted by Crippen LogP contribution is 2.25. The molecule has 0 aliphatic carbocycles. The number of thiophene rings is 1. The van der Waals surface area contributed by atoms with Crippen LogP contribution in [0.15, 0.2) is 40.6 Å². The van der Waals surface area contributed by atoms with Crippen molar-refractivity contribution in [2.24, 2.45) is 0 Å². The lowest BCUT2D eigenvalue weighted by atomic mass is 10.1. The second kappa shape index (κ2) is 7.84. The van der Waals surface area contributed by atoms with Gasteiger partial charge in [0.2, 0.25) is 10.0 Å². The third-order valence-electron chi connectivity index (χ3n) is 3.80. The van der Waals surface area contributed by atoms with Crippen molar-refractivity contribution in [2.75, 3.05) is 39.6 Å². The van der Waals surface area contributed by atoms with E-state index in [0.717, 1.165) is 27.5 Å². The Morgan fingerprint density at radius 3 is 2.25 bits per heavy atom. The molecule has 24 heavy (non-hydrogen) atoms. The quantitative estimate of drug-likeness (QED) is 0.758. The predicted octanol–water partition coefficient (Wildman–Crippen LogP) is 1.63. The van der Waals surface area contributed by atoms with Crippen LogP contribution in [0.1, 0.15) is 11.6 Å². The van der Waals surface area contributed by atoms with Crippen LogP contribution in [0.2, 0.25) is 4.34 Å². The summed E-state index contributed by atoms with van der Waals surface area (Å²) in [6.07, 6.45) is 0. The molecule has 0 spiro atoms. The number of nitrogens with one attached hydrogen (secondary N) is 2. The van der Waals surface area contributed by atoms with Crippen LogP contribution in [0.5, 0.6) is 0 Å². The average Bonchev–Trinajstić information content (AvgIpc) is 2.95. The summed E-state index contributed by atoms with van der Waals surface area (Å²) in [5.41, 5.74) is 2.20. The summed E-state index contributed by atoms with van der Waals surface area (Å²) in [7, 11) is 4.47. The third kappa shape index (κ3) is 4.70. The van der Waals surface area contributed by atoms with Gasteiger partial charge in [0.15, 0.2) is 0 Å². The molecule has 2 rings (SSSR count). The van der Waals surface area contributed by atoms with E-state index in [1.165, 1.54) is 6.07 Å². The van der Waals surface area contributed by atoms with E-state index in [9.17, 15) is 8.42 Å². The number of benzene rings is 1. The van der Waals surface area contributed by atoms with Crippen LogP contribution in [0.25, 0.3) is 0 Å². The molecule has 0 fully saturated rings. The molecular formula is C16H23ClN3O2S2+. The highest BCUT2D eigenvalue weighted by atomic mass is 35.5. The maximum Gasteiger partial charge on any atom is 0.250 e. The fourth-order valence-corrected chi connectivity index (χ4v) is 4.94. The number of sulfonamides is 1. The van der Waals surface area contributed by atoms with Gasteiger partial charge in [0, 0.05) is 25.3 Å². The maximum atomic E-state index is 12.4. The molecule has 1 aromatic heterocycles. The van der Waals surface area contributed by atoms with Crippen molar-refractivity contribution in [3.63, 3.8) is 0 Å². The van der Waals surface area contributed by atoms with Gasteiger partial charge < -0.3 is 9.80 Å². The monoisotopic (exact) mass is 388 g/mol. The molecule has 0 saturated heterocycles. The van der Waals surface area contributed by atoms with Gasteiger partial charge in [-0.15, -0.1) is 11.3 Å². The summed E-state index contributed by atoms with van der Waals surface area (Å²) in [4.78, 5) is 3.18. The van der Waals surface area contributed by atoms with Gasteiger partial charge in [-0.2, -0.15) is 0 Å². The lowest BCUT2D eigenvalue weighted by Crippen LogP contribution is -3.07. The minimum absolute atomic E-state index is 0.0198. The van der Waals surface area contributed by atoms with Crippen molar-refractivity contribution >= 4 is 38.6 Å². The number of nitrogens with zero attached hydrogens (tertiary/aromatic N) is 1. The lowest BCUT2D eigenvalue weighted by Gasteiger charge is -2.23. The normalized spacial score (nSPS) is 13.2. The Bertz CT molecular complexity index is 771. The largest absolute Gasteiger partial charge is 0.378 e. The molecule has 0 bridgehead atoms. The van der Waals surface area contributed by atoms with Gasteiger partial charge in [-0.25, -0.2) is 13.1 Å². The summed E-state index contributed by atoms with van der Waals surface area (Å²) >= 11 is 6.89. The molecule has 1 atom stereocenters. The highest BCUT2D eigenvalue weighted by Gasteiger charge is 2.23. The van der Waals surface area contributed by atoms with E-state index in [1.54, 1.807) is 6.07 Å². The van der Waals surface area contributed by atoms with Crippen LogP contribution in [-0.4, -0.2) is 43.2 Å². The molecule has 2 N–H and O–H groups in total. The Labute approximate surface area is 152 Å². The SMILES string of the molecule is CN(C)c1ccc([C@H](CNS(=O)(=O)c2ccc(Cl)s2)[NH+](C)C)cc1. The van der Waals surface area contributed by atoms with E-state index in [2.05, 4.69) is 4.72 Å². The fraction of sp³-hybridized carbons (Fsp3) is 0.375. The molecule has 5 nitrogen and oxygen atoms in total. The van der Waals surface area contributed by atoms with Gasteiger partial charge in [0.25, 0.3) is 0 Å². The average molecular weight is 389 g/mol. The Morgan fingerprint density at radius 2 is 1.79 bits per heavy atom. The summed E-state index contributed by atoms with van der Waals surface area (Å²) in [6, 6.07) is 11.3. The zero-order valence-corrected chi connectivity index (χ0v) is 16.6. The van der Waals surface area contributed by atoms with E-state index < -0.39 is 10.0 Å². The van der Waals surface area contributed by atoms with Crippen LogP contribution in [-0.2, 0) is 10.0 Å².